The van der Waals surface area contributed by atoms with Crippen molar-refractivity contribution in [3.8, 4) is 0 Å². The number of aliphatic hydroxyl groups excluding tert-OH is 1. The summed E-state index contributed by atoms with van der Waals surface area (Å²) in [5.41, 5.74) is -0.587. The van der Waals surface area contributed by atoms with E-state index in [0.717, 1.165) is 0 Å². The number of anilines is 1. The van der Waals surface area contributed by atoms with E-state index in [1.54, 1.807) is 19.1 Å². The lowest BCUT2D eigenvalue weighted by Crippen LogP contribution is -2.42. The zero-order valence-electron chi connectivity index (χ0n) is 9.56. The molecular weight excluding hydrogens is 208 g/mol. The van der Waals surface area contributed by atoms with E-state index in [1.165, 1.54) is 6.07 Å². The molecule has 0 saturated heterocycles. The summed E-state index contributed by atoms with van der Waals surface area (Å²) in [6.07, 6.45) is -0.581. The normalized spacial score (nSPS) is 13.2. The molecule has 1 rings (SSSR count). The van der Waals surface area contributed by atoms with Crippen LogP contribution in [-0.2, 0) is 0 Å². The predicted molar refractivity (Wildman–Crippen MR) is 60.6 cm³/mol. The Bertz CT molecular complexity index is 389. The Morgan fingerprint density at radius 2 is 2.12 bits per heavy atom. The summed E-state index contributed by atoms with van der Waals surface area (Å²) in [7, 11) is 0. The molecule has 88 valence electrons. The zero-order chi connectivity index (χ0) is 12.3. The molecule has 0 radical (unpaired) electrons. The molecule has 0 aliphatic carbocycles. The van der Waals surface area contributed by atoms with Crippen LogP contribution in [0.15, 0.2) is 18.2 Å². The lowest BCUT2D eigenvalue weighted by atomic mass is 9.99. The van der Waals surface area contributed by atoms with Crippen LogP contribution in [0.3, 0.4) is 0 Å². The van der Waals surface area contributed by atoms with Crippen molar-refractivity contribution in [1.29, 1.82) is 0 Å². The minimum Gasteiger partial charge on any atom is -0.477 e. The molecule has 0 fully saturated rings. The topological polar surface area (TPSA) is 82.5 Å². The lowest BCUT2D eigenvalue weighted by molar-refractivity contribution is 0.0690. The Hall–Kier alpha value is -1.62. The molecule has 0 amide bonds. The number of carboxylic acid groups (broad SMARTS) is 1. The van der Waals surface area contributed by atoms with Crippen molar-refractivity contribution in [1.82, 2.24) is 4.98 Å². The molecule has 0 spiro atoms. The van der Waals surface area contributed by atoms with Gasteiger partial charge in [0.2, 0.25) is 0 Å². The summed E-state index contributed by atoms with van der Waals surface area (Å²) >= 11 is 0. The van der Waals surface area contributed by atoms with Crippen molar-refractivity contribution in [2.24, 2.45) is 0 Å². The van der Waals surface area contributed by atoms with Crippen LogP contribution >= 0.6 is 0 Å². The van der Waals surface area contributed by atoms with E-state index < -0.39 is 17.6 Å². The van der Waals surface area contributed by atoms with E-state index in [-0.39, 0.29) is 5.69 Å². The summed E-state index contributed by atoms with van der Waals surface area (Å²) in [6, 6.07) is 4.69. The number of rotatable bonds is 4. The number of hydrogen-bond donors (Lipinski definition) is 3. The van der Waals surface area contributed by atoms with E-state index >= 15 is 0 Å². The van der Waals surface area contributed by atoms with Crippen LogP contribution < -0.4 is 5.32 Å². The average Bonchev–Trinajstić information content (AvgIpc) is 2.17. The minimum atomic E-state index is -1.07. The molecule has 1 unspecified atom stereocenters. The van der Waals surface area contributed by atoms with Gasteiger partial charge in [-0.05, 0) is 32.9 Å². The standard InChI is InChI=1S/C11H16N2O3/c1-7(14)11(2,3)13-9-6-4-5-8(12-9)10(15)16/h4-7,14H,1-3H3,(H,12,13)(H,15,16). The summed E-state index contributed by atoms with van der Waals surface area (Å²) in [5.74, 6) is -0.635. The van der Waals surface area contributed by atoms with Crippen molar-refractivity contribution in [2.75, 3.05) is 5.32 Å². The predicted octanol–water partition coefficient (Wildman–Crippen LogP) is 1.35. The molecule has 3 N–H and O–H groups in total. The van der Waals surface area contributed by atoms with Gasteiger partial charge in [-0.3, -0.25) is 0 Å². The van der Waals surface area contributed by atoms with Crippen molar-refractivity contribution >= 4 is 11.8 Å². The third-order valence-electron chi connectivity index (χ3n) is 2.46. The van der Waals surface area contributed by atoms with Crippen LogP contribution in [0.1, 0.15) is 31.3 Å². The first kappa shape index (κ1) is 12.4. The van der Waals surface area contributed by atoms with Gasteiger partial charge in [0.05, 0.1) is 11.6 Å². The number of pyridine rings is 1. The third-order valence-corrected chi connectivity index (χ3v) is 2.46. The maximum absolute atomic E-state index is 10.7. The molecule has 16 heavy (non-hydrogen) atoms. The smallest absolute Gasteiger partial charge is 0.354 e. The highest BCUT2D eigenvalue weighted by atomic mass is 16.4. The minimum absolute atomic E-state index is 0.0219. The Labute approximate surface area is 94.1 Å². The van der Waals surface area contributed by atoms with Gasteiger partial charge in [-0.15, -0.1) is 0 Å². The quantitative estimate of drug-likeness (QED) is 0.719. The second-order valence-electron chi connectivity index (χ2n) is 4.24. The van der Waals surface area contributed by atoms with Crippen molar-refractivity contribution in [2.45, 2.75) is 32.4 Å². The Morgan fingerprint density at radius 3 is 2.62 bits per heavy atom. The van der Waals surface area contributed by atoms with Crippen LogP contribution in [0.4, 0.5) is 5.82 Å². The average molecular weight is 224 g/mol. The molecule has 0 bridgehead atoms. The number of hydrogen-bond acceptors (Lipinski definition) is 4. The molecule has 1 aromatic rings. The lowest BCUT2D eigenvalue weighted by Gasteiger charge is -2.29. The van der Waals surface area contributed by atoms with Gasteiger partial charge >= 0.3 is 5.97 Å². The van der Waals surface area contributed by atoms with Crippen molar-refractivity contribution < 1.29 is 15.0 Å². The summed E-state index contributed by atoms with van der Waals surface area (Å²) in [4.78, 5) is 14.6. The van der Waals surface area contributed by atoms with Gasteiger partial charge < -0.3 is 15.5 Å². The number of carbonyl (C=O) groups is 1. The molecule has 0 aliphatic rings. The summed E-state index contributed by atoms with van der Waals surface area (Å²) in [6.45, 7) is 5.29. The van der Waals surface area contributed by atoms with Crippen molar-refractivity contribution in [3.05, 3.63) is 23.9 Å². The molecule has 0 aliphatic heterocycles. The van der Waals surface area contributed by atoms with Gasteiger partial charge in [0.1, 0.15) is 5.82 Å². The molecule has 5 heteroatoms. The summed E-state index contributed by atoms with van der Waals surface area (Å²) < 4.78 is 0. The zero-order valence-corrected chi connectivity index (χ0v) is 9.56. The summed E-state index contributed by atoms with van der Waals surface area (Å²) in [5, 5.41) is 21.3. The largest absolute Gasteiger partial charge is 0.477 e. The van der Waals surface area contributed by atoms with Gasteiger partial charge in [-0.2, -0.15) is 0 Å². The molecule has 1 atom stereocenters. The number of aromatic nitrogens is 1. The highest BCUT2D eigenvalue weighted by molar-refractivity contribution is 5.85. The third kappa shape index (κ3) is 2.93. The van der Waals surface area contributed by atoms with E-state index in [2.05, 4.69) is 10.3 Å². The molecule has 1 heterocycles. The van der Waals surface area contributed by atoms with Gasteiger partial charge in [-0.25, -0.2) is 9.78 Å². The Balaban J connectivity index is 2.90. The molecular formula is C11H16N2O3. The van der Waals surface area contributed by atoms with Crippen LogP contribution in [0.2, 0.25) is 0 Å². The number of nitrogens with zero attached hydrogens (tertiary/aromatic N) is 1. The number of aromatic carboxylic acids is 1. The van der Waals surface area contributed by atoms with Crippen LogP contribution in [0, 0.1) is 0 Å². The van der Waals surface area contributed by atoms with E-state index in [0.29, 0.717) is 5.82 Å². The highest BCUT2D eigenvalue weighted by Crippen LogP contribution is 2.16. The second kappa shape index (κ2) is 4.49. The van der Waals surface area contributed by atoms with Crippen LogP contribution in [0.25, 0.3) is 0 Å². The van der Waals surface area contributed by atoms with E-state index in [4.69, 9.17) is 5.11 Å². The first-order valence-electron chi connectivity index (χ1n) is 4.99. The van der Waals surface area contributed by atoms with Gasteiger partial charge in [0, 0.05) is 0 Å². The van der Waals surface area contributed by atoms with Crippen molar-refractivity contribution in [3.63, 3.8) is 0 Å². The number of carboxylic acids is 1. The second-order valence-corrected chi connectivity index (χ2v) is 4.24. The molecule has 1 aromatic heterocycles. The fourth-order valence-corrected chi connectivity index (χ4v) is 1.06. The van der Waals surface area contributed by atoms with E-state index in [9.17, 15) is 9.90 Å². The molecule has 0 aromatic carbocycles. The van der Waals surface area contributed by atoms with Crippen LogP contribution in [0.5, 0.6) is 0 Å². The van der Waals surface area contributed by atoms with Gasteiger partial charge in [0.25, 0.3) is 0 Å². The fourth-order valence-electron chi connectivity index (χ4n) is 1.06. The van der Waals surface area contributed by atoms with Gasteiger partial charge in [0.15, 0.2) is 5.69 Å². The first-order valence-corrected chi connectivity index (χ1v) is 4.99. The fraction of sp³-hybridized carbons (Fsp3) is 0.455. The first-order chi connectivity index (χ1) is 7.33. The maximum atomic E-state index is 10.7. The van der Waals surface area contributed by atoms with Crippen LogP contribution in [-0.4, -0.2) is 32.8 Å². The SMILES string of the molecule is CC(O)C(C)(C)Nc1cccc(C(=O)O)n1. The number of aliphatic hydroxyl groups is 1. The highest BCUT2D eigenvalue weighted by Gasteiger charge is 2.24. The number of nitrogens with one attached hydrogen (secondary N) is 1. The van der Waals surface area contributed by atoms with Gasteiger partial charge in [-0.1, -0.05) is 6.07 Å². The molecule has 5 nitrogen and oxygen atoms in total. The maximum Gasteiger partial charge on any atom is 0.354 e. The Kier molecular flexibility index (Phi) is 3.49. The molecule has 0 saturated carbocycles. The Morgan fingerprint density at radius 1 is 1.50 bits per heavy atom. The monoisotopic (exact) mass is 224 g/mol. The van der Waals surface area contributed by atoms with E-state index in [1.807, 2.05) is 13.8 Å².